The zero-order valence-corrected chi connectivity index (χ0v) is 17.6. The lowest BCUT2D eigenvalue weighted by atomic mass is 10.2. The lowest BCUT2D eigenvalue weighted by Crippen LogP contribution is -2.40. The van der Waals surface area contributed by atoms with Crippen molar-refractivity contribution in [3.63, 3.8) is 0 Å². The third-order valence-electron chi connectivity index (χ3n) is 3.55. The van der Waals surface area contributed by atoms with Crippen LogP contribution in [0.1, 0.15) is 12.5 Å². The number of rotatable bonds is 8. The number of anilines is 1. The molecule has 0 saturated heterocycles. The van der Waals surface area contributed by atoms with Crippen LogP contribution in [0.4, 0.5) is 5.69 Å². The van der Waals surface area contributed by atoms with Gasteiger partial charge >= 0.3 is 0 Å². The molecule has 0 bridgehead atoms. The normalized spacial score (nSPS) is 11.0. The molecule has 0 fully saturated rings. The van der Waals surface area contributed by atoms with Gasteiger partial charge in [0.2, 0.25) is 15.9 Å². The van der Waals surface area contributed by atoms with E-state index in [1.807, 2.05) is 31.2 Å². The molecule has 1 N–H and O–H groups in total. The Balaban J connectivity index is 2.08. The number of carbonyl (C=O) groups excluding carboxylic acids is 1. The molecule has 0 spiro atoms. The zero-order chi connectivity index (χ0) is 19.2. The summed E-state index contributed by atoms with van der Waals surface area (Å²) < 4.78 is 31.8. The van der Waals surface area contributed by atoms with Crippen LogP contribution in [0.2, 0.25) is 0 Å². The number of para-hydroxylation sites is 1. The van der Waals surface area contributed by atoms with E-state index in [2.05, 4.69) is 27.9 Å². The first-order chi connectivity index (χ1) is 12.3. The van der Waals surface area contributed by atoms with Gasteiger partial charge in [-0.05, 0) is 59.8 Å². The molecular formula is C18H21IN2O4S. The van der Waals surface area contributed by atoms with E-state index in [1.54, 1.807) is 24.3 Å². The van der Waals surface area contributed by atoms with Crippen LogP contribution in [0, 0.1) is 3.57 Å². The molecule has 6 nitrogen and oxygen atoms in total. The molecule has 2 aromatic carbocycles. The van der Waals surface area contributed by atoms with Crippen molar-refractivity contribution in [3.8, 4) is 5.75 Å². The highest BCUT2D eigenvalue weighted by atomic mass is 127. The molecule has 26 heavy (non-hydrogen) atoms. The molecule has 140 valence electrons. The Morgan fingerprint density at radius 3 is 2.42 bits per heavy atom. The summed E-state index contributed by atoms with van der Waals surface area (Å²) in [7, 11) is -3.58. The number of ether oxygens (including phenoxy) is 1. The van der Waals surface area contributed by atoms with Crippen LogP contribution in [0.5, 0.6) is 5.75 Å². The van der Waals surface area contributed by atoms with Gasteiger partial charge < -0.3 is 10.1 Å². The summed E-state index contributed by atoms with van der Waals surface area (Å²) in [4.78, 5) is 12.3. The molecule has 0 aliphatic carbocycles. The van der Waals surface area contributed by atoms with Crippen LogP contribution in [0.25, 0.3) is 0 Å². The monoisotopic (exact) mass is 488 g/mol. The van der Waals surface area contributed by atoms with Crippen molar-refractivity contribution in [3.05, 3.63) is 57.7 Å². The van der Waals surface area contributed by atoms with Gasteiger partial charge in [0.25, 0.3) is 0 Å². The van der Waals surface area contributed by atoms with Gasteiger partial charge in [0.1, 0.15) is 12.3 Å². The first kappa shape index (κ1) is 20.5. The largest absolute Gasteiger partial charge is 0.494 e. The van der Waals surface area contributed by atoms with Gasteiger partial charge in [-0.15, -0.1) is 0 Å². The van der Waals surface area contributed by atoms with Crippen molar-refractivity contribution in [1.82, 2.24) is 5.32 Å². The van der Waals surface area contributed by atoms with Gasteiger partial charge in [-0.2, -0.15) is 0 Å². The Hall–Kier alpha value is -1.81. The topological polar surface area (TPSA) is 75.7 Å². The minimum absolute atomic E-state index is 0.263. The zero-order valence-electron chi connectivity index (χ0n) is 14.6. The van der Waals surface area contributed by atoms with E-state index in [0.717, 1.165) is 19.7 Å². The molecular weight excluding hydrogens is 467 g/mol. The SMILES string of the molecule is CCOc1ccccc1CNC(=O)CN(c1ccc(I)cc1)S(C)(=O)=O. The van der Waals surface area contributed by atoms with E-state index in [-0.39, 0.29) is 19.0 Å². The van der Waals surface area contributed by atoms with Gasteiger partial charge in [-0.3, -0.25) is 9.10 Å². The van der Waals surface area contributed by atoms with Crippen LogP contribution < -0.4 is 14.4 Å². The van der Waals surface area contributed by atoms with E-state index >= 15 is 0 Å². The van der Waals surface area contributed by atoms with Gasteiger partial charge in [-0.1, -0.05) is 18.2 Å². The van der Waals surface area contributed by atoms with Crippen molar-refractivity contribution in [2.45, 2.75) is 13.5 Å². The Morgan fingerprint density at radius 1 is 1.15 bits per heavy atom. The maximum Gasteiger partial charge on any atom is 0.241 e. The van der Waals surface area contributed by atoms with Crippen LogP contribution in [0.15, 0.2) is 48.5 Å². The smallest absolute Gasteiger partial charge is 0.241 e. The predicted octanol–water partition coefficient (Wildman–Crippen LogP) is 2.77. The van der Waals surface area contributed by atoms with Crippen molar-refractivity contribution in [2.24, 2.45) is 0 Å². The van der Waals surface area contributed by atoms with Crippen molar-refractivity contribution in [2.75, 3.05) is 23.7 Å². The molecule has 0 aliphatic rings. The fourth-order valence-corrected chi connectivity index (χ4v) is 3.55. The summed E-state index contributed by atoms with van der Waals surface area (Å²) >= 11 is 2.14. The molecule has 0 radical (unpaired) electrons. The van der Waals surface area contributed by atoms with Gasteiger partial charge in [0, 0.05) is 15.7 Å². The third kappa shape index (κ3) is 5.87. The van der Waals surface area contributed by atoms with E-state index < -0.39 is 10.0 Å². The summed E-state index contributed by atoms with van der Waals surface area (Å²) in [6.07, 6.45) is 1.09. The van der Waals surface area contributed by atoms with Gasteiger partial charge in [-0.25, -0.2) is 8.42 Å². The van der Waals surface area contributed by atoms with Crippen LogP contribution in [0.3, 0.4) is 0 Å². The van der Waals surface area contributed by atoms with Crippen LogP contribution in [-0.2, 0) is 21.4 Å². The van der Waals surface area contributed by atoms with Crippen LogP contribution >= 0.6 is 22.6 Å². The first-order valence-electron chi connectivity index (χ1n) is 8.02. The van der Waals surface area contributed by atoms with E-state index in [9.17, 15) is 13.2 Å². The number of carbonyl (C=O) groups is 1. The molecule has 2 aromatic rings. The molecule has 0 aliphatic heterocycles. The summed E-state index contributed by atoms with van der Waals surface area (Å²) in [6.45, 7) is 2.40. The minimum Gasteiger partial charge on any atom is -0.494 e. The molecule has 8 heteroatoms. The number of amides is 1. The lowest BCUT2D eigenvalue weighted by Gasteiger charge is -2.22. The molecule has 0 heterocycles. The first-order valence-corrected chi connectivity index (χ1v) is 10.9. The number of hydrogen-bond acceptors (Lipinski definition) is 4. The maximum absolute atomic E-state index is 12.3. The van der Waals surface area contributed by atoms with E-state index in [1.165, 1.54) is 0 Å². The predicted molar refractivity (Wildman–Crippen MR) is 111 cm³/mol. The second kappa shape index (κ2) is 9.22. The van der Waals surface area contributed by atoms with E-state index in [4.69, 9.17) is 4.74 Å². The number of nitrogens with zero attached hydrogens (tertiary/aromatic N) is 1. The molecule has 0 aromatic heterocycles. The summed E-state index contributed by atoms with van der Waals surface area (Å²) in [5, 5.41) is 2.75. The number of benzene rings is 2. The molecule has 0 atom stereocenters. The fourth-order valence-electron chi connectivity index (χ4n) is 2.33. The molecule has 2 rings (SSSR count). The van der Waals surface area contributed by atoms with Crippen LogP contribution in [-0.4, -0.2) is 33.7 Å². The van der Waals surface area contributed by atoms with Gasteiger partial charge in [0.05, 0.1) is 18.6 Å². The highest BCUT2D eigenvalue weighted by Gasteiger charge is 2.20. The quantitative estimate of drug-likeness (QED) is 0.580. The number of sulfonamides is 1. The van der Waals surface area contributed by atoms with Crippen molar-refractivity contribution >= 4 is 44.2 Å². The average molecular weight is 488 g/mol. The second-order valence-corrected chi connectivity index (χ2v) is 8.72. The Bertz CT molecular complexity index is 854. The molecule has 1 amide bonds. The highest BCUT2D eigenvalue weighted by molar-refractivity contribution is 14.1. The summed E-state index contributed by atoms with van der Waals surface area (Å²) in [6, 6.07) is 14.4. The second-order valence-electron chi connectivity index (χ2n) is 5.56. The summed E-state index contributed by atoms with van der Waals surface area (Å²) in [5.74, 6) is 0.313. The summed E-state index contributed by atoms with van der Waals surface area (Å²) in [5.41, 5.74) is 1.29. The standard InChI is InChI=1S/C18H21IN2O4S/c1-3-25-17-7-5-4-6-14(17)12-20-18(22)13-21(26(2,23)24)16-10-8-15(19)9-11-16/h4-11H,3,12-13H2,1-2H3,(H,20,22). The Labute approximate surface area is 167 Å². The Morgan fingerprint density at radius 2 is 1.81 bits per heavy atom. The number of hydrogen-bond donors (Lipinski definition) is 1. The van der Waals surface area contributed by atoms with Gasteiger partial charge in [0.15, 0.2) is 0 Å². The third-order valence-corrected chi connectivity index (χ3v) is 5.41. The number of nitrogens with one attached hydrogen (secondary N) is 1. The van der Waals surface area contributed by atoms with E-state index in [0.29, 0.717) is 18.0 Å². The minimum atomic E-state index is -3.58. The van der Waals surface area contributed by atoms with Crippen molar-refractivity contribution in [1.29, 1.82) is 0 Å². The molecule has 0 saturated carbocycles. The molecule has 0 unspecified atom stereocenters. The number of halogens is 1. The fraction of sp³-hybridized carbons (Fsp3) is 0.278. The Kier molecular flexibility index (Phi) is 7.27. The average Bonchev–Trinajstić information content (AvgIpc) is 2.59. The highest BCUT2D eigenvalue weighted by Crippen LogP contribution is 2.20. The lowest BCUT2D eigenvalue weighted by molar-refractivity contribution is -0.119. The maximum atomic E-state index is 12.3. The van der Waals surface area contributed by atoms with Crippen molar-refractivity contribution < 1.29 is 17.9 Å².